The summed E-state index contributed by atoms with van der Waals surface area (Å²) in [6.45, 7) is 12.5. The van der Waals surface area contributed by atoms with E-state index >= 15 is 35.1 Å². The fraction of sp³-hybridized carbons (Fsp3) is 0.200. The third-order valence-corrected chi connectivity index (χ3v) is 14.4. The highest BCUT2D eigenvalue weighted by atomic mass is 127. The highest BCUT2D eigenvalue weighted by Crippen LogP contribution is 2.31. The molecule has 0 radical (unpaired) electrons. The Hall–Kier alpha value is -4.73. The summed E-state index contributed by atoms with van der Waals surface area (Å²) in [6, 6.07) is 8.57. The summed E-state index contributed by atoms with van der Waals surface area (Å²) in [4.78, 5) is 0. The maximum absolute atomic E-state index is 15.4. The van der Waals surface area contributed by atoms with E-state index in [-0.39, 0.29) is 32.4 Å². The number of rotatable bonds is 8. The first-order chi connectivity index (χ1) is 30.3. The molecular weight excluding hydrogens is 1090 g/mol. The summed E-state index contributed by atoms with van der Waals surface area (Å²) in [6.07, 6.45) is -7.22. The molecule has 0 spiro atoms. The van der Waals surface area contributed by atoms with E-state index in [0.29, 0.717) is 0 Å². The number of ether oxygens (including phenoxy) is 2. The normalized spacial score (nSPS) is 12.2. The molecule has 0 fully saturated rings. The molecule has 0 aliphatic carbocycles. The molecule has 0 aliphatic rings. The minimum absolute atomic E-state index is 0.128. The van der Waals surface area contributed by atoms with Gasteiger partial charge in [0.25, 0.3) is 5.77 Å². The van der Waals surface area contributed by atoms with E-state index in [0.717, 1.165) is 10.1 Å². The van der Waals surface area contributed by atoms with Crippen molar-refractivity contribution in [3.63, 3.8) is 0 Å². The van der Waals surface area contributed by atoms with Crippen molar-refractivity contribution >= 4 is 50.7 Å². The van der Waals surface area contributed by atoms with Crippen LogP contribution < -0.4 is 52.5 Å². The summed E-state index contributed by atoms with van der Waals surface area (Å²) in [5.74, 6) is -71.4. The van der Waals surface area contributed by atoms with Gasteiger partial charge in [-0.3, -0.25) is 0 Å². The third kappa shape index (κ3) is 9.28. The van der Waals surface area contributed by atoms with E-state index in [4.69, 9.17) is 9.47 Å². The van der Waals surface area contributed by atoms with E-state index in [1.165, 1.54) is 5.77 Å². The van der Waals surface area contributed by atoms with Crippen molar-refractivity contribution in [3.05, 3.63) is 146 Å². The topological polar surface area (TPSA) is 18.5 Å². The molecule has 4 aromatic carbocycles. The third-order valence-electron chi connectivity index (χ3n) is 8.80. The zero-order chi connectivity index (χ0) is 50.0. The van der Waals surface area contributed by atoms with Crippen LogP contribution in [0, 0.1) is 122 Å². The predicted molar refractivity (Wildman–Crippen MR) is 196 cm³/mol. The zero-order valence-electron chi connectivity index (χ0n) is 33.5. The lowest BCUT2D eigenvalue weighted by Crippen LogP contribution is -3.61. The van der Waals surface area contributed by atoms with Gasteiger partial charge in [0, 0.05) is 12.1 Å². The van der Waals surface area contributed by atoms with Gasteiger partial charge < -0.3 is 9.47 Å². The molecule has 0 unspecified atom stereocenters. The molecule has 356 valence electrons. The number of thiophene rings is 2. The first-order valence-corrected chi connectivity index (χ1v) is 21.6. The Labute approximate surface area is 377 Å². The van der Waals surface area contributed by atoms with Gasteiger partial charge in [0.1, 0.15) is 63.9 Å². The SMILES string of the molecule is CC(C)(C)Oc1ccc([I+]c2ccc(OC(C)(C)C)s2)s1.Fc1c(F)c(F)c([B-](c2c(F)c(F)c(F)c(F)c2F)(c2c(F)c(F)c(F)c(F)c2F)c2c(F)c(F)c(F)c(F)c2F)c(F)c1F. The van der Waals surface area contributed by atoms with Gasteiger partial charge in [0.05, 0.1) is 0 Å². The van der Waals surface area contributed by atoms with Gasteiger partial charge in [-0.25, -0.2) is 87.8 Å². The molecule has 0 saturated heterocycles. The maximum Gasteiger partial charge on any atom is 0.381 e. The first-order valence-electron chi connectivity index (χ1n) is 17.8. The largest absolute Gasteiger partial charge is 0.478 e. The lowest BCUT2D eigenvalue weighted by molar-refractivity contribution is -0.585. The summed E-state index contributed by atoms with van der Waals surface area (Å²) >= 11 is 3.40. The van der Waals surface area contributed by atoms with Crippen LogP contribution in [0.5, 0.6) is 10.1 Å². The molecule has 2 aromatic heterocycles. The average molecular weight is 1120 g/mol. The zero-order valence-corrected chi connectivity index (χ0v) is 37.2. The number of halogens is 21. The van der Waals surface area contributed by atoms with Crippen LogP contribution in [-0.2, 0) is 0 Å². The van der Waals surface area contributed by atoms with E-state index in [1.807, 2.05) is 0 Å². The Balaban J connectivity index is 0.000000324. The highest BCUT2D eigenvalue weighted by Gasteiger charge is 2.52. The quantitative estimate of drug-likeness (QED) is 0.0505. The molecule has 0 amide bonds. The van der Waals surface area contributed by atoms with Crippen molar-refractivity contribution in [2.45, 2.75) is 52.7 Å². The number of benzene rings is 4. The lowest BCUT2D eigenvalue weighted by atomic mass is 9.12. The van der Waals surface area contributed by atoms with Crippen molar-refractivity contribution in [1.29, 1.82) is 0 Å². The summed E-state index contributed by atoms with van der Waals surface area (Å²) < 4.78 is 309. The van der Waals surface area contributed by atoms with E-state index in [9.17, 15) is 52.7 Å². The molecule has 0 aliphatic heterocycles. The van der Waals surface area contributed by atoms with Crippen LogP contribution in [0.2, 0.25) is 0 Å². The monoisotopic (exact) mass is 1120 g/mol. The van der Waals surface area contributed by atoms with Gasteiger partial charge in [0.15, 0.2) is 79.9 Å². The highest BCUT2D eigenvalue weighted by molar-refractivity contribution is 7.20. The molecule has 0 saturated carbocycles. The minimum atomic E-state index is -7.22. The molecule has 2 nitrogen and oxygen atoms in total. The molecule has 0 atom stereocenters. The van der Waals surface area contributed by atoms with Crippen LogP contribution >= 0.6 is 22.7 Å². The first kappa shape index (κ1) is 52.2. The fourth-order valence-electron chi connectivity index (χ4n) is 6.38. The molecular formula is C40H22BF20IO2S2. The standard InChI is InChI=1S/C24BF20.C16H22IO2S2/c26-5-1(6(27)14(35)21(42)13(5)34)25(2-7(28)15(36)22(43)16(37)8(2)29,3-9(30)17(38)23(44)18(39)10(3)31)4-11(32)19(40)24(45)20(41)12(4)33;1-15(2,3)18-13-9-7-11(20-13)17-12-8-10-14(21-12)19-16(4,5)6/h;7-10H,1-6H3/q-1;+1. The van der Waals surface area contributed by atoms with Crippen LogP contribution in [-0.4, -0.2) is 17.3 Å². The van der Waals surface area contributed by atoms with Crippen LogP contribution in [0.15, 0.2) is 24.3 Å². The van der Waals surface area contributed by atoms with Gasteiger partial charge in [-0.05, 0) is 53.7 Å². The Morgan fingerprint density at radius 1 is 0.318 bits per heavy atom. The Morgan fingerprint density at radius 3 is 0.682 bits per heavy atom. The van der Waals surface area contributed by atoms with Crippen LogP contribution in [0.25, 0.3) is 0 Å². The van der Waals surface area contributed by atoms with Gasteiger partial charge in [-0.1, -0.05) is 22.7 Å². The van der Waals surface area contributed by atoms with Crippen LogP contribution in [0.1, 0.15) is 41.5 Å². The molecule has 26 heteroatoms. The molecule has 2 heterocycles. The van der Waals surface area contributed by atoms with E-state index in [2.05, 4.69) is 65.8 Å². The minimum Gasteiger partial charge on any atom is -0.478 e. The van der Waals surface area contributed by atoms with Crippen molar-refractivity contribution in [2.75, 3.05) is 0 Å². The van der Waals surface area contributed by atoms with Gasteiger partial charge in [0.2, 0.25) is 0 Å². The number of hydrogen-bond donors (Lipinski definition) is 0. The van der Waals surface area contributed by atoms with Crippen molar-refractivity contribution in [3.8, 4) is 10.1 Å². The summed E-state index contributed by atoms with van der Waals surface area (Å²) in [5, 5.41) is 2.03. The Bertz CT molecular complexity index is 2450. The molecule has 0 bridgehead atoms. The van der Waals surface area contributed by atoms with Crippen LogP contribution in [0.4, 0.5) is 87.8 Å². The second-order valence-corrected chi connectivity index (χ2v) is 21.9. The maximum atomic E-state index is 15.4. The van der Waals surface area contributed by atoms with E-state index in [1.54, 1.807) is 22.7 Å². The smallest absolute Gasteiger partial charge is 0.381 e. The number of hydrogen-bond acceptors (Lipinski definition) is 4. The fourth-order valence-corrected chi connectivity index (χ4v) is 12.6. The van der Waals surface area contributed by atoms with Gasteiger partial charge in [-0.2, -0.15) is 0 Å². The molecule has 0 N–H and O–H groups in total. The van der Waals surface area contributed by atoms with Crippen molar-refractivity contribution in [1.82, 2.24) is 0 Å². The van der Waals surface area contributed by atoms with Gasteiger partial charge in [-0.15, -0.1) is 21.9 Å². The summed E-state index contributed by atoms with van der Waals surface area (Å²) in [7, 11) is 0. The van der Waals surface area contributed by atoms with Crippen LogP contribution in [0.3, 0.4) is 0 Å². The summed E-state index contributed by atoms with van der Waals surface area (Å²) in [5.41, 5.74) is -14.6. The second-order valence-electron chi connectivity index (χ2n) is 15.4. The molecule has 6 aromatic rings. The predicted octanol–water partition coefficient (Wildman–Crippen LogP) is 8.14. The van der Waals surface area contributed by atoms with E-state index < -0.39 is 144 Å². The molecule has 6 rings (SSSR count). The lowest BCUT2D eigenvalue weighted by Gasteiger charge is -2.44. The molecule has 66 heavy (non-hydrogen) atoms. The Morgan fingerprint density at radius 2 is 0.500 bits per heavy atom. The van der Waals surface area contributed by atoms with Gasteiger partial charge >= 0.3 is 21.2 Å². The van der Waals surface area contributed by atoms with Crippen molar-refractivity contribution < 1.29 is 118 Å². The second kappa shape index (κ2) is 18.8. The van der Waals surface area contributed by atoms with Crippen molar-refractivity contribution in [2.24, 2.45) is 0 Å². The Kier molecular flexibility index (Phi) is 14.8. The average Bonchev–Trinajstić information content (AvgIpc) is 3.87.